The summed E-state index contributed by atoms with van der Waals surface area (Å²) < 4.78 is 0. The number of carbonyl (C=O) groups is 1. The number of likely N-dealkylation sites (tertiary alicyclic amines) is 1. The highest BCUT2D eigenvalue weighted by Gasteiger charge is 2.27. The summed E-state index contributed by atoms with van der Waals surface area (Å²) >= 11 is 0. The van der Waals surface area contributed by atoms with E-state index in [1.807, 2.05) is 7.05 Å². The van der Waals surface area contributed by atoms with Crippen LogP contribution in [0.25, 0.3) is 0 Å². The van der Waals surface area contributed by atoms with Gasteiger partial charge in [-0.2, -0.15) is 0 Å². The second kappa shape index (κ2) is 4.57. The third-order valence-corrected chi connectivity index (χ3v) is 2.05. The van der Waals surface area contributed by atoms with E-state index >= 15 is 0 Å². The fraction of sp³-hybridized carbons (Fsp3) is 0.857. The molecule has 1 atom stereocenters. The van der Waals surface area contributed by atoms with Gasteiger partial charge in [0.1, 0.15) is 0 Å². The van der Waals surface area contributed by atoms with E-state index in [-0.39, 0.29) is 24.2 Å². The van der Waals surface area contributed by atoms with Crippen LogP contribution in [0.3, 0.4) is 0 Å². The van der Waals surface area contributed by atoms with E-state index in [0.29, 0.717) is 6.54 Å². The van der Waals surface area contributed by atoms with Crippen LogP contribution in [0.4, 0.5) is 0 Å². The Morgan fingerprint density at radius 3 is 2.73 bits per heavy atom. The van der Waals surface area contributed by atoms with E-state index in [2.05, 4.69) is 0 Å². The molecule has 2 N–H and O–H groups in total. The number of carbonyl (C=O) groups excluding carboxylic acids is 1. The van der Waals surface area contributed by atoms with Crippen molar-refractivity contribution in [2.45, 2.75) is 12.8 Å². The van der Waals surface area contributed by atoms with Crippen molar-refractivity contribution in [3.05, 3.63) is 0 Å². The fourth-order valence-corrected chi connectivity index (χ4v) is 1.36. The van der Waals surface area contributed by atoms with Crippen LogP contribution >= 0.6 is 12.4 Å². The molecule has 3 nitrogen and oxygen atoms in total. The average Bonchev–Trinajstić information content (AvgIpc) is 2.20. The standard InChI is InChI=1S/C7H14N2O.ClH/c1-9-5-3-6(2-4-8)7(9)10;/h6H,2-5,8H2,1H3;1H. The molecule has 0 spiro atoms. The SMILES string of the molecule is CN1CCC(CCN)C1=O.Cl. The molecule has 1 amide bonds. The maximum atomic E-state index is 11.2. The van der Waals surface area contributed by atoms with Gasteiger partial charge in [0.15, 0.2) is 0 Å². The topological polar surface area (TPSA) is 46.3 Å². The summed E-state index contributed by atoms with van der Waals surface area (Å²) in [5, 5.41) is 0. The lowest BCUT2D eigenvalue weighted by molar-refractivity contribution is -0.129. The Kier molecular flexibility index (Phi) is 4.45. The molecule has 1 fully saturated rings. The van der Waals surface area contributed by atoms with E-state index in [1.165, 1.54) is 0 Å². The van der Waals surface area contributed by atoms with Gasteiger partial charge in [-0.3, -0.25) is 4.79 Å². The van der Waals surface area contributed by atoms with Crippen LogP contribution < -0.4 is 5.73 Å². The van der Waals surface area contributed by atoms with Crippen molar-refractivity contribution in [1.29, 1.82) is 0 Å². The molecule has 1 saturated heterocycles. The van der Waals surface area contributed by atoms with Gasteiger partial charge in [0.05, 0.1) is 0 Å². The quantitative estimate of drug-likeness (QED) is 0.659. The fourth-order valence-electron chi connectivity index (χ4n) is 1.36. The van der Waals surface area contributed by atoms with Crippen LogP contribution in [0.15, 0.2) is 0 Å². The van der Waals surface area contributed by atoms with Gasteiger partial charge in [0.2, 0.25) is 5.91 Å². The second-order valence-electron chi connectivity index (χ2n) is 2.82. The van der Waals surface area contributed by atoms with Crippen LogP contribution in [0, 0.1) is 5.92 Å². The molecule has 4 heteroatoms. The van der Waals surface area contributed by atoms with Gasteiger partial charge < -0.3 is 10.6 Å². The molecular weight excluding hydrogens is 164 g/mol. The highest BCUT2D eigenvalue weighted by atomic mass is 35.5. The molecule has 66 valence electrons. The maximum Gasteiger partial charge on any atom is 0.225 e. The van der Waals surface area contributed by atoms with Crippen LogP contribution in [0.1, 0.15) is 12.8 Å². The molecule has 1 unspecified atom stereocenters. The number of nitrogens with zero attached hydrogens (tertiary/aromatic N) is 1. The summed E-state index contributed by atoms with van der Waals surface area (Å²) in [4.78, 5) is 12.9. The van der Waals surface area contributed by atoms with Gasteiger partial charge in [-0.05, 0) is 19.4 Å². The van der Waals surface area contributed by atoms with Crippen molar-refractivity contribution >= 4 is 18.3 Å². The van der Waals surface area contributed by atoms with Crippen molar-refractivity contribution in [2.24, 2.45) is 11.7 Å². The summed E-state index contributed by atoms with van der Waals surface area (Å²) in [6.45, 7) is 1.54. The van der Waals surface area contributed by atoms with E-state index in [0.717, 1.165) is 19.4 Å². The molecule has 1 aliphatic rings. The van der Waals surface area contributed by atoms with Crippen LogP contribution in [-0.4, -0.2) is 30.9 Å². The summed E-state index contributed by atoms with van der Waals surface area (Å²) in [6, 6.07) is 0. The predicted octanol–water partition coefficient (Wildman–Crippen LogP) is 0.235. The minimum absolute atomic E-state index is 0. The molecule has 1 heterocycles. The minimum atomic E-state index is 0. The predicted molar refractivity (Wildman–Crippen MR) is 46.7 cm³/mol. The average molecular weight is 179 g/mol. The zero-order valence-electron chi connectivity index (χ0n) is 6.75. The first kappa shape index (κ1) is 10.7. The lowest BCUT2D eigenvalue weighted by Gasteiger charge is -2.08. The number of rotatable bonds is 2. The second-order valence-corrected chi connectivity index (χ2v) is 2.82. The van der Waals surface area contributed by atoms with Crippen LogP contribution in [-0.2, 0) is 4.79 Å². The summed E-state index contributed by atoms with van der Waals surface area (Å²) in [5.41, 5.74) is 5.35. The van der Waals surface area contributed by atoms with Crippen molar-refractivity contribution in [3.63, 3.8) is 0 Å². The summed E-state index contributed by atoms with van der Waals surface area (Å²) in [5.74, 6) is 0.487. The van der Waals surface area contributed by atoms with Gasteiger partial charge in [-0.25, -0.2) is 0 Å². The maximum absolute atomic E-state index is 11.2. The summed E-state index contributed by atoms with van der Waals surface area (Å²) in [6.07, 6.45) is 1.84. The largest absolute Gasteiger partial charge is 0.345 e. The normalized spacial score (nSPS) is 23.6. The Balaban J connectivity index is 0.000001000. The van der Waals surface area contributed by atoms with Gasteiger partial charge in [0, 0.05) is 19.5 Å². The number of amides is 1. The molecule has 0 aromatic carbocycles. The minimum Gasteiger partial charge on any atom is -0.345 e. The van der Waals surface area contributed by atoms with E-state index in [9.17, 15) is 4.79 Å². The molecule has 1 aliphatic heterocycles. The van der Waals surface area contributed by atoms with Gasteiger partial charge in [-0.1, -0.05) is 0 Å². The number of nitrogens with two attached hydrogens (primary N) is 1. The van der Waals surface area contributed by atoms with Crippen molar-refractivity contribution in [2.75, 3.05) is 20.1 Å². The molecule has 11 heavy (non-hydrogen) atoms. The number of hydrogen-bond acceptors (Lipinski definition) is 2. The van der Waals surface area contributed by atoms with E-state index in [1.54, 1.807) is 4.90 Å². The Bertz CT molecular complexity index is 138. The Morgan fingerprint density at radius 2 is 2.36 bits per heavy atom. The Morgan fingerprint density at radius 1 is 1.73 bits per heavy atom. The third-order valence-electron chi connectivity index (χ3n) is 2.05. The molecular formula is C7H15ClN2O. The monoisotopic (exact) mass is 178 g/mol. The first-order valence-corrected chi connectivity index (χ1v) is 3.70. The molecule has 0 aromatic heterocycles. The zero-order valence-corrected chi connectivity index (χ0v) is 7.56. The van der Waals surface area contributed by atoms with E-state index < -0.39 is 0 Å². The lowest BCUT2D eigenvalue weighted by Crippen LogP contribution is -2.23. The van der Waals surface area contributed by atoms with E-state index in [4.69, 9.17) is 5.73 Å². The van der Waals surface area contributed by atoms with Crippen molar-refractivity contribution < 1.29 is 4.79 Å². The number of halogens is 1. The van der Waals surface area contributed by atoms with Gasteiger partial charge in [-0.15, -0.1) is 12.4 Å². The van der Waals surface area contributed by atoms with Crippen molar-refractivity contribution in [3.8, 4) is 0 Å². The first-order valence-electron chi connectivity index (χ1n) is 3.70. The molecule has 0 bridgehead atoms. The zero-order chi connectivity index (χ0) is 7.56. The lowest BCUT2D eigenvalue weighted by atomic mass is 10.0. The Hall–Kier alpha value is -0.280. The molecule has 0 aromatic rings. The smallest absolute Gasteiger partial charge is 0.225 e. The van der Waals surface area contributed by atoms with Gasteiger partial charge >= 0.3 is 0 Å². The Labute approximate surface area is 73.3 Å². The molecule has 0 radical (unpaired) electrons. The molecule has 0 saturated carbocycles. The molecule has 0 aliphatic carbocycles. The summed E-state index contributed by atoms with van der Waals surface area (Å²) in [7, 11) is 1.85. The molecule has 1 rings (SSSR count). The first-order chi connectivity index (χ1) is 4.75. The van der Waals surface area contributed by atoms with Crippen LogP contribution in [0.2, 0.25) is 0 Å². The van der Waals surface area contributed by atoms with Gasteiger partial charge in [0.25, 0.3) is 0 Å². The highest BCUT2D eigenvalue weighted by molar-refractivity contribution is 5.85. The van der Waals surface area contributed by atoms with Crippen molar-refractivity contribution in [1.82, 2.24) is 4.90 Å². The van der Waals surface area contributed by atoms with Crippen LogP contribution in [0.5, 0.6) is 0 Å². The number of hydrogen-bond donors (Lipinski definition) is 1. The third kappa shape index (κ3) is 2.34. The highest BCUT2D eigenvalue weighted by Crippen LogP contribution is 2.18.